The van der Waals surface area contributed by atoms with Crippen molar-refractivity contribution < 1.29 is 19.1 Å². The molecular formula is C11H22N2O4. The molecule has 6 heteroatoms. The van der Waals surface area contributed by atoms with E-state index in [1.807, 2.05) is 6.92 Å². The molecule has 6 nitrogen and oxygen atoms in total. The van der Waals surface area contributed by atoms with E-state index in [0.29, 0.717) is 26.3 Å². The van der Waals surface area contributed by atoms with E-state index in [1.54, 1.807) is 6.92 Å². The van der Waals surface area contributed by atoms with Crippen molar-refractivity contribution >= 4 is 11.9 Å². The second-order valence-electron chi connectivity index (χ2n) is 3.38. The average molecular weight is 246 g/mol. The van der Waals surface area contributed by atoms with Crippen molar-refractivity contribution in [1.82, 2.24) is 10.6 Å². The van der Waals surface area contributed by atoms with Crippen molar-refractivity contribution in [2.45, 2.75) is 20.3 Å². The molecule has 0 aromatic heterocycles. The third kappa shape index (κ3) is 11.1. The third-order valence-electron chi connectivity index (χ3n) is 1.81. The van der Waals surface area contributed by atoms with E-state index in [9.17, 15) is 9.59 Å². The van der Waals surface area contributed by atoms with Crippen LogP contribution in [0.2, 0.25) is 0 Å². The van der Waals surface area contributed by atoms with E-state index >= 15 is 0 Å². The largest absolute Gasteiger partial charge is 0.464 e. The van der Waals surface area contributed by atoms with Gasteiger partial charge in [-0.05, 0) is 13.3 Å². The molecule has 0 aromatic rings. The number of nitrogens with one attached hydrogen (secondary N) is 2. The van der Waals surface area contributed by atoms with Crippen LogP contribution in [0.25, 0.3) is 0 Å². The van der Waals surface area contributed by atoms with E-state index in [4.69, 9.17) is 4.74 Å². The standard InChI is InChI=1S/C11H22N2O4/c1-3-5-13-10(14)8-12-6-7-16-9-11(15)17-4-2/h12H,3-9H2,1-2H3,(H,13,14). The second kappa shape index (κ2) is 11.3. The summed E-state index contributed by atoms with van der Waals surface area (Å²) in [5.74, 6) is -0.398. The summed E-state index contributed by atoms with van der Waals surface area (Å²) in [6, 6.07) is 0. The second-order valence-corrected chi connectivity index (χ2v) is 3.38. The van der Waals surface area contributed by atoms with Crippen LogP contribution in [0.3, 0.4) is 0 Å². The number of hydrogen-bond acceptors (Lipinski definition) is 5. The highest BCUT2D eigenvalue weighted by Crippen LogP contribution is 1.80. The van der Waals surface area contributed by atoms with Crippen molar-refractivity contribution in [3.63, 3.8) is 0 Å². The summed E-state index contributed by atoms with van der Waals surface area (Å²) < 4.78 is 9.72. The van der Waals surface area contributed by atoms with Crippen LogP contribution < -0.4 is 10.6 Å². The summed E-state index contributed by atoms with van der Waals surface area (Å²) in [6.45, 7) is 5.92. The molecule has 0 bridgehead atoms. The average Bonchev–Trinajstić information content (AvgIpc) is 2.31. The molecule has 0 saturated heterocycles. The molecule has 0 radical (unpaired) electrons. The Labute approximate surface area is 102 Å². The lowest BCUT2D eigenvalue weighted by molar-refractivity contribution is -0.148. The predicted molar refractivity (Wildman–Crippen MR) is 63.6 cm³/mol. The molecule has 0 fully saturated rings. The molecule has 2 N–H and O–H groups in total. The van der Waals surface area contributed by atoms with Gasteiger partial charge in [0.15, 0.2) is 0 Å². The Hall–Kier alpha value is -1.14. The molecule has 0 saturated carbocycles. The Morgan fingerprint density at radius 2 is 1.94 bits per heavy atom. The Morgan fingerprint density at radius 1 is 1.18 bits per heavy atom. The van der Waals surface area contributed by atoms with E-state index in [1.165, 1.54) is 0 Å². The summed E-state index contributed by atoms with van der Waals surface area (Å²) in [7, 11) is 0. The Kier molecular flexibility index (Phi) is 10.6. The van der Waals surface area contributed by atoms with Gasteiger partial charge >= 0.3 is 5.97 Å². The summed E-state index contributed by atoms with van der Waals surface area (Å²) in [5, 5.41) is 5.65. The van der Waals surface area contributed by atoms with Gasteiger partial charge in [-0.1, -0.05) is 6.92 Å². The number of amides is 1. The van der Waals surface area contributed by atoms with Gasteiger partial charge in [0.05, 0.1) is 19.8 Å². The lowest BCUT2D eigenvalue weighted by atomic mass is 10.4. The van der Waals surface area contributed by atoms with Crippen LogP contribution >= 0.6 is 0 Å². The monoisotopic (exact) mass is 246 g/mol. The van der Waals surface area contributed by atoms with Crippen LogP contribution in [0.15, 0.2) is 0 Å². The molecule has 0 aliphatic rings. The number of esters is 1. The Bertz CT molecular complexity index is 222. The first-order chi connectivity index (χ1) is 8.20. The maximum Gasteiger partial charge on any atom is 0.332 e. The summed E-state index contributed by atoms with van der Waals surface area (Å²) in [6.07, 6.45) is 0.925. The summed E-state index contributed by atoms with van der Waals surface area (Å²) in [5.41, 5.74) is 0. The first-order valence-electron chi connectivity index (χ1n) is 5.91. The number of hydrogen-bond donors (Lipinski definition) is 2. The zero-order chi connectivity index (χ0) is 12.9. The fraction of sp³-hybridized carbons (Fsp3) is 0.818. The zero-order valence-corrected chi connectivity index (χ0v) is 10.6. The SMILES string of the molecule is CCCNC(=O)CNCCOCC(=O)OCC. The minimum atomic E-state index is -0.367. The highest BCUT2D eigenvalue weighted by atomic mass is 16.6. The van der Waals surface area contributed by atoms with Crippen LogP contribution in [0.4, 0.5) is 0 Å². The van der Waals surface area contributed by atoms with Crippen molar-refractivity contribution in [1.29, 1.82) is 0 Å². The summed E-state index contributed by atoms with van der Waals surface area (Å²) >= 11 is 0. The van der Waals surface area contributed by atoms with Gasteiger partial charge < -0.3 is 20.1 Å². The number of ether oxygens (including phenoxy) is 2. The molecule has 0 aliphatic heterocycles. The Morgan fingerprint density at radius 3 is 2.59 bits per heavy atom. The van der Waals surface area contributed by atoms with E-state index in [0.717, 1.165) is 6.42 Å². The van der Waals surface area contributed by atoms with Crippen LogP contribution in [-0.4, -0.2) is 51.3 Å². The highest BCUT2D eigenvalue weighted by Gasteiger charge is 2.01. The molecule has 0 unspecified atom stereocenters. The van der Waals surface area contributed by atoms with Crippen molar-refractivity contribution in [2.75, 3.05) is 39.5 Å². The maximum absolute atomic E-state index is 11.1. The van der Waals surface area contributed by atoms with Crippen LogP contribution in [-0.2, 0) is 19.1 Å². The molecule has 0 aliphatic carbocycles. The number of carbonyl (C=O) groups is 2. The predicted octanol–water partition coefficient (Wildman–Crippen LogP) is -0.318. The first kappa shape index (κ1) is 15.9. The fourth-order valence-electron chi connectivity index (χ4n) is 1.03. The van der Waals surface area contributed by atoms with Gasteiger partial charge in [0.25, 0.3) is 0 Å². The van der Waals surface area contributed by atoms with Gasteiger partial charge in [-0.3, -0.25) is 4.79 Å². The van der Waals surface area contributed by atoms with Gasteiger partial charge in [0.2, 0.25) is 5.91 Å². The molecule has 0 spiro atoms. The van der Waals surface area contributed by atoms with E-state index in [2.05, 4.69) is 15.4 Å². The molecule has 0 aromatic carbocycles. The molecule has 0 atom stereocenters. The van der Waals surface area contributed by atoms with Crippen molar-refractivity contribution in [3.8, 4) is 0 Å². The van der Waals surface area contributed by atoms with Crippen LogP contribution in [0, 0.1) is 0 Å². The van der Waals surface area contributed by atoms with Gasteiger partial charge in [-0.25, -0.2) is 4.79 Å². The van der Waals surface area contributed by atoms with Gasteiger partial charge in [0.1, 0.15) is 6.61 Å². The lowest BCUT2D eigenvalue weighted by Crippen LogP contribution is -2.35. The first-order valence-corrected chi connectivity index (χ1v) is 5.91. The molecule has 0 rings (SSSR count). The number of carbonyl (C=O) groups excluding carboxylic acids is 2. The Balaban J connectivity index is 3.23. The van der Waals surface area contributed by atoms with Crippen LogP contribution in [0.5, 0.6) is 0 Å². The molecule has 1 amide bonds. The molecule has 17 heavy (non-hydrogen) atoms. The normalized spacial score (nSPS) is 10.0. The van der Waals surface area contributed by atoms with Crippen LogP contribution in [0.1, 0.15) is 20.3 Å². The topological polar surface area (TPSA) is 76.7 Å². The molecule has 0 heterocycles. The van der Waals surface area contributed by atoms with E-state index < -0.39 is 0 Å². The van der Waals surface area contributed by atoms with Gasteiger partial charge in [0, 0.05) is 13.1 Å². The smallest absolute Gasteiger partial charge is 0.332 e. The third-order valence-corrected chi connectivity index (χ3v) is 1.81. The highest BCUT2D eigenvalue weighted by molar-refractivity contribution is 5.77. The van der Waals surface area contributed by atoms with Gasteiger partial charge in [-0.15, -0.1) is 0 Å². The lowest BCUT2D eigenvalue weighted by Gasteiger charge is -2.06. The number of rotatable bonds is 10. The van der Waals surface area contributed by atoms with Gasteiger partial charge in [-0.2, -0.15) is 0 Å². The fourth-order valence-corrected chi connectivity index (χ4v) is 1.03. The minimum absolute atomic E-state index is 0.0303. The van der Waals surface area contributed by atoms with E-state index in [-0.39, 0.29) is 25.0 Å². The quantitative estimate of drug-likeness (QED) is 0.408. The van der Waals surface area contributed by atoms with Crippen molar-refractivity contribution in [2.24, 2.45) is 0 Å². The summed E-state index contributed by atoms with van der Waals surface area (Å²) in [4.78, 5) is 22.0. The minimum Gasteiger partial charge on any atom is -0.464 e. The molecular weight excluding hydrogens is 224 g/mol. The zero-order valence-electron chi connectivity index (χ0n) is 10.6. The van der Waals surface area contributed by atoms with Crippen molar-refractivity contribution in [3.05, 3.63) is 0 Å². The molecule has 100 valence electrons. The maximum atomic E-state index is 11.1.